The van der Waals surface area contributed by atoms with Crippen molar-refractivity contribution < 1.29 is 9.84 Å². The Labute approximate surface area is 173 Å². The van der Waals surface area contributed by atoms with Gasteiger partial charge < -0.3 is 15.2 Å². The minimum Gasteiger partial charge on any atom is -0.507 e. The third kappa shape index (κ3) is 5.97. The molecule has 0 unspecified atom stereocenters. The number of phenolic OH excluding ortho intramolecular Hbond substituents is 1. The lowest BCUT2D eigenvalue weighted by molar-refractivity contribution is -0.0203. The number of hydrogen-bond acceptors (Lipinski definition) is 3. The van der Waals surface area contributed by atoms with Crippen LogP contribution in [-0.4, -0.2) is 28.9 Å². The summed E-state index contributed by atoms with van der Waals surface area (Å²) in [6.45, 7) is 22.7. The van der Waals surface area contributed by atoms with Crippen LogP contribution < -0.4 is 5.32 Å². The molecule has 1 aliphatic heterocycles. The molecular weight excluding hydrogens is 346 g/mol. The maximum atomic E-state index is 10.9. The first-order chi connectivity index (χ1) is 12.5. The van der Waals surface area contributed by atoms with Crippen LogP contribution in [0.15, 0.2) is 12.1 Å². The Balaban J connectivity index is 2.16. The van der Waals surface area contributed by atoms with Gasteiger partial charge in [0.1, 0.15) is 5.75 Å². The second-order valence-corrected chi connectivity index (χ2v) is 12.1. The largest absolute Gasteiger partial charge is 0.507 e. The van der Waals surface area contributed by atoms with Crippen molar-refractivity contribution >= 4 is 0 Å². The summed E-state index contributed by atoms with van der Waals surface area (Å²) < 4.78 is 6.34. The molecule has 3 heteroatoms. The molecule has 0 spiro atoms. The van der Waals surface area contributed by atoms with E-state index in [9.17, 15) is 5.11 Å². The number of phenols is 1. The van der Waals surface area contributed by atoms with Crippen LogP contribution in [0.4, 0.5) is 0 Å². The fourth-order valence-corrected chi connectivity index (χ4v) is 4.67. The number of hydrogen-bond donors (Lipinski definition) is 2. The summed E-state index contributed by atoms with van der Waals surface area (Å²) in [6, 6.07) is 4.34. The summed E-state index contributed by atoms with van der Waals surface area (Å²) in [7, 11) is 0. The van der Waals surface area contributed by atoms with Gasteiger partial charge in [-0.1, -0.05) is 53.7 Å². The van der Waals surface area contributed by atoms with Crippen LogP contribution in [0.5, 0.6) is 5.75 Å². The highest BCUT2D eigenvalue weighted by Gasteiger charge is 2.38. The van der Waals surface area contributed by atoms with Gasteiger partial charge in [0.25, 0.3) is 0 Å². The van der Waals surface area contributed by atoms with Crippen LogP contribution in [0.1, 0.15) is 98.8 Å². The molecule has 1 aliphatic rings. The second-order valence-electron chi connectivity index (χ2n) is 12.1. The highest BCUT2D eigenvalue weighted by molar-refractivity contribution is 5.49. The van der Waals surface area contributed by atoms with Crippen molar-refractivity contribution in [2.45, 2.75) is 117 Å². The van der Waals surface area contributed by atoms with Crippen LogP contribution in [0, 0.1) is 0 Å². The Kier molecular flexibility index (Phi) is 6.34. The first-order valence-corrected chi connectivity index (χ1v) is 10.8. The molecular formula is C25H43NO2. The molecule has 1 fully saturated rings. The number of benzene rings is 1. The summed E-state index contributed by atoms with van der Waals surface area (Å²) in [5.41, 5.74) is 3.32. The van der Waals surface area contributed by atoms with Crippen LogP contribution in [0.3, 0.4) is 0 Å². The maximum absolute atomic E-state index is 10.9. The van der Waals surface area contributed by atoms with Crippen LogP contribution in [0.2, 0.25) is 0 Å². The summed E-state index contributed by atoms with van der Waals surface area (Å²) in [4.78, 5) is 0. The van der Waals surface area contributed by atoms with Crippen molar-refractivity contribution in [1.82, 2.24) is 5.32 Å². The van der Waals surface area contributed by atoms with Gasteiger partial charge in [-0.3, -0.25) is 0 Å². The normalized spacial score (nSPS) is 20.4. The van der Waals surface area contributed by atoms with Gasteiger partial charge in [-0.2, -0.15) is 0 Å². The topological polar surface area (TPSA) is 41.5 Å². The van der Waals surface area contributed by atoms with E-state index in [2.05, 4.69) is 86.7 Å². The SMILES string of the molecule is CC1(C)CC(OCCc2cc(C(C)(C)C)c(O)c(C(C)(C)C)c2)CC(C)(C)N1. The van der Waals surface area contributed by atoms with E-state index < -0.39 is 0 Å². The minimum atomic E-state index is -0.0932. The lowest BCUT2D eigenvalue weighted by Gasteiger charge is -2.46. The fourth-order valence-electron chi connectivity index (χ4n) is 4.67. The maximum Gasteiger partial charge on any atom is 0.123 e. The summed E-state index contributed by atoms with van der Waals surface area (Å²) in [5, 5.41) is 14.6. The molecule has 0 saturated carbocycles. The van der Waals surface area contributed by atoms with Crippen LogP contribution in [0.25, 0.3) is 0 Å². The average molecular weight is 390 g/mol. The molecule has 2 N–H and O–H groups in total. The fraction of sp³-hybridized carbons (Fsp3) is 0.760. The molecule has 0 aromatic heterocycles. The molecule has 0 amide bonds. The van der Waals surface area contributed by atoms with Gasteiger partial charge in [-0.15, -0.1) is 0 Å². The van der Waals surface area contributed by atoms with Crippen molar-refractivity contribution in [3.8, 4) is 5.75 Å². The smallest absolute Gasteiger partial charge is 0.123 e. The van der Waals surface area contributed by atoms with Crippen LogP contribution in [-0.2, 0) is 22.0 Å². The summed E-state index contributed by atoms with van der Waals surface area (Å²) in [5.74, 6) is 0.450. The lowest BCUT2D eigenvalue weighted by Crippen LogP contribution is -2.59. The molecule has 2 rings (SSSR count). The Morgan fingerprint density at radius 2 is 1.36 bits per heavy atom. The van der Waals surface area contributed by atoms with E-state index >= 15 is 0 Å². The quantitative estimate of drug-likeness (QED) is 0.678. The molecule has 0 aliphatic carbocycles. The molecule has 0 bridgehead atoms. The van der Waals surface area contributed by atoms with Crippen molar-refractivity contribution in [3.05, 3.63) is 28.8 Å². The zero-order valence-corrected chi connectivity index (χ0v) is 19.9. The Morgan fingerprint density at radius 1 is 0.929 bits per heavy atom. The predicted molar refractivity (Wildman–Crippen MR) is 119 cm³/mol. The van der Waals surface area contributed by atoms with Crippen molar-refractivity contribution in [2.75, 3.05) is 6.61 Å². The zero-order chi connectivity index (χ0) is 21.5. The average Bonchev–Trinajstić information content (AvgIpc) is 2.42. The molecule has 1 aromatic carbocycles. The first kappa shape index (κ1) is 23.2. The second kappa shape index (κ2) is 7.65. The lowest BCUT2D eigenvalue weighted by atomic mass is 9.78. The Bertz CT molecular complexity index is 638. The third-order valence-electron chi connectivity index (χ3n) is 5.68. The number of nitrogens with one attached hydrogen (secondary N) is 1. The molecule has 28 heavy (non-hydrogen) atoms. The van der Waals surface area contributed by atoms with Crippen molar-refractivity contribution in [2.24, 2.45) is 0 Å². The van der Waals surface area contributed by atoms with Crippen LogP contribution >= 0.6 is 0 Å². The number of aromatic hydroxyl groups is 1. The molecule has 160 valence electrons. The predicted octanol–water partition coefficient (Wildman–Crippen LogP) is 5.86. The van der Waals surface area contributed by atoms with Gasteiger partial charge >= 0.3 is 0 Å². The molecule has 3 nitrogen and oxygen atoms in total. The highest BCUT2D eigenvalue weighted by Crippen LogP contribution is 2.40. The van der Waals surface area contributed by atoms with Gasteiger partial charge in [0.15, 0.2) is 0 Å². The standard InChI is InChI=1S/C25H43NO2/c1-22(2,3)19-13-17(14-20(21(19)27)23(4,5)6)11-12-28-18-15-24(7,8)26-25(9,10)16-18/h13-14,18,26-27H,11-12,15-16H2,1-10H3. The minimum absolute atomic E-state index is 0.0932. The summed E-state index contributed by atoms with van der Waals surface area (Å²) >= 11 is 0. The zero-order valence-electron chi connectivity index (χ0n) is 19.9. The highest BCUT2D eigenvalue weighted by atomic mass is 16.5. The monoisotopic (exact) mass is 389 g/mol. The van der Waals surface area contributed by atoms with E-state index in [1.807, 2.05) is 0 Å². The Hall–Kier alpha value is -1.06. The van der Waals surface area contributed by atoms with Gasteiger partial charge in [-0.05, 0) is 74.5 Å². The van der Waals surface area contributed by atoms with Crippen molar-refractivity contribution in [3.63, 3.8) is 0 Å². The molecule has 1 heterocycles. The third-order valence-corrected chi connectivity index (χ3v) is 5.68. The van der Waals surface area contributed by atoms with Gasteiger partial charge in [0, 0.05) is 11.1 Å². The van der Waals surface area contributed by atoms with Gasteiger partial charge in [0.05, 0.1) is 12.7 Å². The summed E-state index contributed by atoms with van der Waals surface area (Å²) in [6.07, 6.45) is 3.23. The number of piperidine rings is 1. The van der Waals surface area contributed by atoms with E-state index in [0.717, 1.165) is 37.0 Å². The van der Waals surface area contributed by atoms with E-state index in [1.165, 1.54) is 5.56 Å². The molecule has 1 saturated heterocycles. The molecule has 0 radical (unpaired) electrons. The number of rotatable bonds is 4. The van der Waals surface area contributed by atoms with E-state index in [4.69, 9.17) is 4.74 Å². The van der Waals surface area contributed by atoms with E-state index in [1.54, 1.807) is 0 Å². The molecule has 0 atom stereocenters. The molecule has 1 aromatic rings. The van der Waals surface area contributed by atoms with Gasteiger partial charge in [0.2, 0.25) is 0 Å². The van der Waals surface area contributed by atoms with Gasteiger partial charge in [-0.25, -0.2) is 0 Å². The van der Waals surface area contributed by atoms with E-state index in [-0.39, 0.29) is 28.0 Å². The number of ether oxygens (including phenoxy) is 1. The van der Waals surface area contributed by atoms with Crippen molar-refractivity contribution in [1.29, 1.82) is 0 Å². The van der Waals surface area contributed by atoms with E-state index in [0.29, 0.717) is 5.75 Å². The first-order valence-electron chi connectivity index (χ1n) is 10.8. The Morgan fingerprint density at radius 3 is 1.75 bits per heavy atom.